The average molecular weight is 278 g/mol. The summed E-state index contributed by atoms with van der Waals surface area (Å²) in [5.41, 5.74) is 0.500. The summed E-state index contributed by atoms with van der Waals surface area (Å²) in [4.78, 5) is 34.0. The molecule has 2 N–H and O–H groups in total. The van der Waals surface area contributed by atoms with Crippen LogP contribution in [0.5, 0.6) is 11.5 Å². The lowest BCUT2D eigenvalue weighted by atomic mass is 10.1. The van der Waals surface area contributed by atoms with E-state index < -0.39 is 18.0 Å². The van der Waals surface area contributed by atoms with Crippen molar-refractivity contribution in [3.8, 4) is 11.5 Å². The molecular formula is C13H14N2O5. The average Bonchev–Trinajstić information content (AvgIpc) is 2.79. The van der Waals surface area contributed by atoms with Crippen LogP contribution in [0.3, 0.4) is 0 Å². The summed E-state index contributed by atoms with van der Waals surface area (Å²) in [6.07, 6.45) is -0.859. The van der Waals surface area contributed by atoms with E-state index in [1.807, 2.05) is 0 Å². The fourth-order valence-corrected chi connectivity index (χ4v) is 1.68. The van der Waals surface area contributed by atoms with Gasteiger partial charge in [-0.1, -0.05) is 0 Å². The number of imide groups is 1. The highest BCUT2D eigenvalue weighted by Crippen LogP contribution is 2.29. The molecule has 1 atom stereocenters. The first-order chi connectivity index (χ1) is 9.51. The van der Waals surface area contributed by atoms with E-state index in [4.69, 9.17) is 9.47 Å². The maximum atomic E-state index is 11.6. The molecule has 1 heterocycles. The summed E-state index contributed by atoms with van der Waals surface area (Å²) in [6.45, 7) is 1.53. The highest BCUT2D eigenvalue weighted by molar-refractivity contribution is 6.02. The number of carbonyl (C=O) groups is 3. The van der Waals surface area contributed by atoms with Gasteiger partial charge in [-0.05, 0) is 19.1 Å². The Bertz CT molecular complexity index is 570. The Kier molecular flexibility index (Phi) is 3.88. The van der Waals surface area contributed by atoms with Crippen LogP contribution >= 0.6 is 0 Å². The SMILES string of the molecule is CNC(=O)NC(=O)C(C)Oc1ccc2c(c1)OCC2=O. The Morgan fingerprint density at radius 1 is 1.40 bits per heavy atom. The molecule has 1 unspecified atom stereocenters. The van der Waals surface area contributed by atoms with E-state index >= 15 is 0 Å². The first-order valence-electron chi connectivity index (χ1n) is 6.00. The Morgan fingerprint density at radius 3 is 2.85 bits per heavy atom. The van der Waals surface area contributed by atoms with E-state index in [2.05, 4.69) is 10.6 Å². The van der Waals surface area contributed by atoms with Crippen LogP contribution < -0.4 is 20.1 Å². The quantitative estimate of drug-likeness (QED) is 0.839. The maximum absolute atomic E-state index is 11.6. The zero-order valence-electron chi connectivity index (χ0n) is 11.1. The van der Waals surface area contributed by atoms with Crippen LogP contribution in [-0.2, 0) is 4.79 Å². The molecule has 7 nitrogen and oxygen atoms in total. The van der Waals surface area contributed by atoms with Crippen molar-refractivity contribution in [2.75, 3.05) is 13.7 Å². The molecule has 106 valence electrons. The molecule has 1 aromatic rings. The van der Waals surface area contributed by atoms with Gasteiger partial charge < -0.3 is 14.8 Å². The summed E-state index contributed by atoms with van der Waals surface area (Å²) in [7, 11) is 1.41. The molecule has 1 aliphatic heterocycles. The van der Waals surface area contributed by atoms with Crippen LogP contribution in [0, 0.1) is 0 Å². The lowest BCUT2D eigenvalue weighted by molar-refractivity contribution is -0.126. The molecule has 0 aliphatic carbocycles. The van der Waals surface area contributed by atoms with Gasteiger partial charge in [-0.2, -0.15) is 0 Å². The van der Waals surface area contributed by atoms with Crippen LogP contribution in [0.1, 0.15) is 17.3 Å². The molecule has 0 fully saturated rings. The second kappa shape index (κ2) is 5.60. The van der Waals surface area contributed by atoms with Crippen molar-refractivity contribution in [3.05, 3.63) is 23.8 Å². The van der Waals surface area contributed by atoms with Crippen molar-refractivity contribution >= 4 is 17.7 Å². The van der Waals surface area contributed by atoms with Crippen LogP contribution in [0.25, 0.3) is 0 Å². The fourth-order valence-electron chi connectivity index (χ4n) is 1.68. The van der Waals surface area contributed by atoms with Gasteiger partial charge >= 0.3 is 6.03 Å². The number of ketones is 1. The predicted molar refractivity (Wildman–Crippen MR) is 69.0 cm³/mol. The monoisotopic (exact) mass is 278 g/mol. The number of benzene rings is 1. The lowest BCUT2D eigenvalue weighted by Gasteiger charge is -2.14. The molecule has 20 heavy (non-hydrogen) atoms. The summed E-state index contributed by atoms with van der Waals surface area (Å²) in [6, 6.07) is 4.11. The Hall–Kier alpha value is -2.57. The highest BCUT2D eigenvalue weighted by atomic mass is 16.5. The number of ether oxygens (including phenoxy) is 2. The lowest BCUT2D eigenvalue weighted by Crippen LogP contribution is -2.43. The van der Waals surface area contributed by atoms with Crippen LogP contribution in [-0.4, -0.2) is 37.5 Å². The molecular weight excluding hydrogens is 264 g/mol. The van der Waals surface area contributed by atoms with E-state index in [0.29, 0.717) is 17.1 Å². The number of nitrogens with one attached hydrogen (secondary N) is 2. The second-order valence-electron chi connectivity index (χ2n) is 4.20. The van der Waals surface area contributed by atoms with Gasteiger partial charge in [0, 0.05) is 13.1 Å². The molecule has 0 bridgehead atoms. The summed E-state index contributed by atoms with van der Waals surface area (Å²) in [5.74, 6) is 0.170. The topological polar surface area (TPSA) is 93.7 Å². The third-order valence-electron chi connectivity index (χ3n) is 2.76. The van der Waals surface area contributed by atoms with Crippen molar-refractivity contribution in [1.82, 2.24) is 10.6 Å². The van der Waals surface area contributed by atoms with Crippen molar-refractivity contribution in [2.24, 2.45) is 0 Å². The Morgan fingerprint density at radius 2 is 2.15 bits per heavy atom. The predicted octanol–water partition coefficient (Wildman–Crippen LogP) is 0.485. The van der Waals surface area contributed by atoms with Gasteiger partial charge in [0.05, 0.1) is 5.56 Å². The number of rotatable bonds is 3. The molecule has 1 aliphatic rings. The number of amides is 3. The standard InChI is InChI=1S/C13H14N2O5/c1-7(12(17)15-13(18)14-2)20-8-3-4-9-10(16)6-19-11(9)5-8/h3-5,7H,6H2,1-2H3,(H2,14,15,17,18). The smallest absolute Gasteiger partial charge is 0.321 e. The minimum absolute atomic E-state index is 0.0193. The van der Waals surface area contributed by atoms with Crippen molar-refractivity contribution in [3.63, 3.8) is 0 Å². The van der Waals surface area contributed by atoms with Crippen molar-refractivity contribution in [2.45, 2.75) is 13.0 Å². The number of carbonyl (C=O) groups excluding carboxylic acids is 3. The zero-order valence-corrected chi connectivity index (χ0v) is 11.1. The van der Waals surface area contributed by atoms with E-state index in [1.54, 1.807) is 18.2 Å². The van der Waals surface area contributed by atoms with Crippen LogP contribution in [0.15, 0.2) is 18.2 Å². The number of hydrogen-bond donors (Lipinski definition) is 2. The molecule has 0 radical (unpaired) electrons. The van der Waals surface area contributed by atoms with Crippen LogP contribution in [0.2, 0.25) is 0 Å². The van der Waals surface area contributed by atoms with Gasteiger partial charge in [0.1, 0.15) is 11.5 Å². The molecule has 0 saturated heterocycles. The molecule has 0 saturated carbocycles. The first-order valence-corrected chi connectivity index (χ1v) is 6.00. The second-order valence-corrected chi connectivity index (χ2v) is 4.20. The molecule has 0 aromatic heterocycles. The van der Waals surface area contributed by atoms with Gasteiger partial charge in [0.15, 0.2) is 12.7 Å². The van der Waals surface area contributed by atoms with Gasteiger partial charge in [0.25, 0.3) is 5.91 Å². The van der Waals surface area contributed by atoms with Crippen molar-refractivity contribution in [1.29, 1.82) is 0 Å². The van der Waals surface area contributed by atoms with Gasteiger partial charge in [-0.15, -0.1) is 0 Å². The number of fused-ring (bicyclic) bond motifs is 1. The third kappa shape index (κ3) is 2.87. The minimum Gasteiger partial charge on any atom is -0.485 e. The van der Waals surface area contributed by atoms with E-state index in [1.165, 1.54) is 14.0 Å². The van der Waals surface area contributed by atoms with Crippen LogP contribution in [0.4, 0.5) is 4.79 Å². The zero-order chi connectivity index (χ0) is 14.7. The van der Waals surface area contributed by atoms with E-state index in [-0.39, 0.29) is 12.4 Å². The summed E-state index contributed by atoms with van der Waals surface area (Å²) >= 11 is 0. The van der Waals surface area contributed by atoms with Gasteiger partial charge in [-0.3, -0.25) is 14.9 Å². The maximum Gasteiger partial charge on any atom is 0.321 e. The Labute approximate surface area is 115 Å². The van der Waals surface area contributed by atoms with Crippen molar-refractivity contribution < 1.29 is 23.9 Å². The molecule has 7 heteroatoms. The number of urea groups is 1. The highest BCUT2D eigenvalue weighted by Gasteiger charge is 2.23. The van der Waals surface area contributed by atoms with E-state index in [0.717, 1.165) is 0 Å². The summed E-state index contributed by atoms with van der Waals surface area (Å²) < 4.78 is 10.6. The molecule has 3 amide bonds. The largest absolute Gasteiger partial charge is 0.485 e. The Balaban J connectivity index is 2.01. The normalized spacial score (nSPS) is 14.0. The van der Waals surface area contributed by atoms with Gasteiger partial charge in [0.2, 0.25) is 5.78 Å². The number of hydrogen-bond acceptors (Lipinski definition) is 5. The minimum atomic E-state index is -0.859. The molecule has 2 rings (SSSR count). The fraction of sp³-hybridized carbons (Fsp3) is 0.308. The number of Topliss-reactive ketones (excluding diaryl/α,β-unsaturated/α-hetero) is 1. The molecule has 1 aromatic carbocycles. The molecule has 0 spiro atoms. The van der Waals surface area contributed by atoms with E-state index in [9.17, 15) is 14.4 Å². The summed E-state index contributed by atoms with van der Waals surface area (Å²) in [5, 5.41) is 4.38. The third-order valence-corrected chi connectivity index (χ3v) is 2.76. The first kappa shape index (κ1) is 13.9. The van der Waals surface area contributed by atoms with Gasteiger partial charge in [-0.25, -0.2) is 4.79 Å².